The molecule has 1 saturated heterocycles. The largest absolute Gasteiger partial charge is 0.392 e. The van der Waals surface area contributed by atoms with E-state index in [9.17, 15) is 10.1 Å². The highest BCUT2D eigenvalue weighted by Crippen LogP contribution is 2.34. The summed E-state index contributed by atoms with van der Waals surface area (Å²) >= 11 is 3.55. The van der Waals surface area contributed by atoms with Crippen LogP contribution in [-0.2, 0) is 11.3 Å². The van der Waals surface area contributed by atoms with Gasteiger partial charge in [0.15, 0.2) is 0 Å². The lowest BCUT2D eigenvalue weighted by molar-refractivity contribution is -0.390. The Morgan fingerprint density at radius 3 is 2.78 bits per heavy atom. The minimum Gasteiger partial charge on any atom is -0.381 e. The van der Waals surface area contributed by atoms with Gasteiger partial charge < -0.3 is 14.9 Å². The summed E-state index contributed by atoms with van der Waals surface area (Å²) < 4.78 is 7.07. The Kier molecular flexibility index (Phi) is 4.01. The van der Waals surface area contributed by atoms with Gasteiger partial charge in [-0.15, -0.1) is 0 Å². The molecule has 1 fully saturated rings. The van der Waals surface area contributed by atoms with E-state index in [1.54, 1.807) is 17.8 Å². The molecule has 7 heteroatoms. The lowest BCUT2D eigenvalue weighted by atomic mass is 9.82. The molecule has 0 unspecified atom stereocenters. The molecule has 1 aromatic rings. The number of hydrogen-bond acceptors (Lipinski definition) is 4. The summed E-state index contributed by atoms with van der Waals surface area (Å²) in [6.07, 6.45) is 3.65. The number of alkyl halides is 1. The second-order valence-corrected chi connectivity index (χ2v) is 5.40. The highest BCUT2D eigenvalue weighted by atomic mass is 79.9. The quantitative estimate of drug-likeness (QED) is 0.485. The van der Waals surface area contributed by atoms with Crippen LogP contribution in [0.5, 0.6) is 0 Å². The van der Waals surface area contributed by atoms with Gasteiger partial charge in [0.2, 0.25) is 0 Å². The minimum atomic E-state index is -0.434. The van der Waals surface area contributed by atoms with Gasteiger partial charge >= 0.3 is 5.82 Å². The number of hydrogen-bond donors (Lipinski definition) is 0. The fourth-order valence-electron chi connectivity index (χ4n) is 2.25. The van der Waals surface area contributed by atoms with Crippen molar-refractivity contribution in [1.82, 2.24) is 9.78 Å². The van der Waals surface area contributed by atoms with Gasteiger partial charge in [-0.2, -0.15) is 4.68 Å². The molecule has 0 amide bonds. The molecule has 6 nitrogen and oxygen atoms in total. The topological polar surface area (TPSA) is 70.2 Å². The van der Waals surface area contributed by atoms with E-state index in [0.717, 1.165) is 31.4 Å². The number of halogens is 1. The van der Waals surface area contributed by atoms with Crippen LogP contribution in [-0.4, -0.2) is 33.2 Å². The Labute approximate surface area is 114 Å². The van der Waals surface area contributed by atoms with Crippen LogP contribution >= 0.6 is 15.9 Å². The van der Waals surface area contributed by atoms with Crippen molar-refractivity contribution in [3.63, 3.8) is 0 Å². The number of nitrogens with zero attached hydrogens (tertiary/aromatic N) is 3. The van der Waals surface area contributed by atoms with Gasteiger partial charge in [-0.05, 0) is 24.7 Å². The molecule has 1 aliphatic heterocycles. The molecule has 2 heterocycles. The van der Waals surface area contributed by atoms with Gasteiger partial charge in [0.1, 0.15) is 0 Å². The second kappa shape index (κ2) is 5.36. The van der Waals surface area contributed by atoms with Crippen LogP contribution in [0.2, 0.25) is 0 Å². The van der Waals surface area contributed by atoms with Crippen molar-refractivity contribution in [2.45, 2.75) is 26.3 Å². The van der Waals surface area contributed by atoms with Crippen LogP contribution < -0.4 is 0 Å². The lowest BCUT2D eigenvalue weighted by Crippen LogP contribution is -2.35. The maximum absolute atomic E-state index is 10.8. The Balaban J connectivity index is 2.16. The first-order valence-corrected chi connectivity index (χ1v) is 7.01. The Hall–Kier alpha value is -0.950. The summed E-state index contributed by atoms with van der Waals surface area (Å²) in [4.78, 5) is 10.3. The molecular formula is C11H16BrN3O3. The first kappa shape index (κ1) is 13.5. The molecule has 0 spiro atoms. The normalized spacial score (nSPS) is 18.8. The highest BCUT2D eigenvalue weighted by Gasteiger charge is 2.34. The van der Waals surface area contributed by atoms with E-state index < -0.39 is 4.92 Å². The molecule has 0 radical (unpaired) electrons. The van der Waals surface area contributed by atoms with Crippen LogP contribution in [0.3, 0.4) is 0 Å². The molecule has 0 atom stereocenters. The van der Waals surface area contributed by atoms with Crippen molar-refractivity contribution >= 4 is 21.7 Å². The van der Waals surface area contributed by atoms with Gasteiger partial charge in [0.05, 0.1) is 23.4 Å². The van der Waals surface area contributed by atoms with Crippen LogP contribution in [0.4, 0.5) is 5.82 Å². The number of aryl methyl sites for hydroxylation is 1. The average Bonchev–Trinajstić information content (AvgIpc) is 2.71. The molecule has 0 bridgehead atoms. The molecule has 1 aliphatic rings. The monoisotopic (exact) mass is 317 g/mol. The van der Waals surface area contributed by atoms with E-state index in [1.807, 2.05) is 0 Å². The maximum atomic E-state index is 10.8. The maximum Gasteiger partial charge on any atom is 0.392 e. The molecule has 2 rings (SSSR count). The standard InChI is InChI=1S/C11H16BrN3O3/c1-9-6-14(13-10(9)15(16)17)8-11(7-12)2-4-18-5-3-11/h6H,2-5,7-8H2,1H3. The van der Waals surface area contributed by atoms with Gasteiger partial charge in [0, 0.05) is 24.0 Å². The zero-order valence-electron chi connectivity index (χ0n) is 10.3. The SMILES string of the molecule is Cc1cn(CC2(CBr)CCOCC2)nc1[N+](=O)[O-]. The van der Waals surface area contributed by atoms with E-state index >= 15 is 0 Å². The summed E-state index contributed by atoms with van der Waals surface area (Å²) in [6.45, 7) is 3.89. The van der Waals surface area contributed by atoms with E-state index in [4.69, 9.17) is 4.74 Å². The third-order valence-electron chi connectivity index (χ3n) is 3.43. The Morgan fingerprint density at radius 1 is 1.61 bits per heavy atom. The zero-order chi connectivity index (χ0) is 13.2. The van der Waals surface area contributed by atoms with E-state index in [2.05, 4.69) is 21.0 Å². The highest BCUT2D eigenvalue weighted by molar-refractivity contribution is 9.09. The number of aromatic nitrogens is 2. The predicted octanol–water partition coefficient (Wildman–Crippen LogP) is 2.29. The van der Waals surface area contributed by atoms with Crippen LogP contribution in [0.25, 0.3) is 0 Å². The van der Waals surface area contributed by atoms with Crippen molar-refractivity contribution in [3.05, 3.63) is 21.9 Å². The van der Waals surface area contributed by atoms with Crippen LogP contribution in [0.1, 0.15) is 18.4 Å². The summed E-state index contributed by atoms with van der Waals surface area (Å²) in [5.41, 5.74) is 0.696. The van der Waals surface area contributed by atoms with Gasteiger partial charge in [-0.25, -0.2) is 0 Å². The van der Waals surface area contributed by atoms with E-state index in [0.29, 0.717) is 12.1 Å². The summed E-state index contributed by atoms with van der Waals surface area (Å²) in [5, 5.41) is 15.7. The minimum absolute atomic E-state index is 0.0493. The molecule has 0 aliphatic carbocycles. The van der Waals surface area contributed by atoms with Crippen molar-refractivity contribution in [2.24, 2.45) is 5.41 Å². The molecule has 0 N–H and O–H groups in total. The Bertz CT molecular complexity index is 441. The summed E-state index contributed by atoms with van der Waals surface area (Å²) in [6, 6.07) is 0. The summed E-state index contributed by atoms with van der Waals surface area (Å²) in [7, 11) is 0. The predicted molar refractivity (Wildman–Crippen MR) is 69.9 cm³/mol. The fraction of sp³-hybridized carbons (Fsp3) is 0.727. The second-order valence-electron chi connectivity index (χ2n) is 4.84. The zero-order valence-corrected chi connectivity index (χ0v) is 11.9. The molecule has 0 saturated carbocycles. The lowest BCUT2D eigenvalue weighted by Gasteiger charge is -2.34. The average molecular weight is 318 g/mol. The van der Waals surface area contributed by atoms with Crippen molar-refractivity contribution in [1.29, 1.82) is 0 Å². The Morgan fingerprint density at radius 2 is 2.28 bits per heavy atom. The van der Waals surface area contributed by atoms with Crippen LogP contribution in [0.15, 0.2) is 6.20 Å². The molecule has 1 aromatic heterocycles. The third-order valence-corrected chi connectivity index (χ3v) is 4.62. The van der Waals surface area contributed by atoms with Crippen LogP contribution in [0, 0.1) is 22.5 Å². The first-order chi connectivity index (χ1) is 8.56. The fourth-order valence-corrected chi connectivity index (χ4v) is 2.99. The smallest absolute Gasteiger partial charge is 0.381 e. The molecule has 18 heavy (non-hydrogen) atoms. The number of rotatable bonds is 4. The van der Waals surface area contributed by atoms with Crippen molar-refractivity contribution in [2.75, 3.05) is 18.5 Å². The van der Waals surface area contributed by atoms with Crippen molar-refractivity contribution in [3.8, 4) is 0 Å². The third kappa shape index (κ3) is 2.72. The molecule has 100 valence electrons. The van der Waals surface area contributed by atoms with Gasteiger partial charge in [-0.3, -0.25) is 0 Å². The summed E-state index contributed by atoms with van der Waals surface area (Å²) in [5.74, 6) is -0.0493. The van der Waals surface area contributed by atoms with Gasteiger partial charge in [-0.1, -0.05) is 15.9 Å². The number of ether oxygens (including phenoxy) is 1. The van der Waals surface area contributed by atoms with E-state index in [1.165, 1.54) is 0 Å². The molecular weight excluding hydrogens is 302 g/mol. The van der Waals surface area contributed by atoms with Crippen molar-refractivity contribution < 1.29 is 9.66 Å². The first-order valence-electron chi connectivity index (χ1n) is 5.88. The number of nitro groups is 1. The van der Waals surface area contributed by atoms with E-state index in [-0.39, 0.29) is 11.2 Å². The van der Waals surface area contributed by atoms with Gasteiger partial charge in [0.25, 0.3) is 0 Å². The molecule has 0 aromatic carbocycles.